The van der Waals surface area contributed by atoms with Crippen molar-refractivity contribution in [2.75, 3.05) is 0 Å². The predicted octanol–water partition coefficient (Wildman–Crippen LogP) is 3.03. The van der Waals surface area contributed by atoms with Gasteiger partial charge in [-0.05, 0) is 23.5 Å². The molecule has 1 aromatic heterocycles. The Morgan fingerprint density at radius 2 is 2.00 bits per heavy atom. The van der Waals surface area contributed by atoms with Crippen LogP contribution in [0.2, 0.25) is 5.02 Å². The van der Waals surface area contributed by atoms with E-state index in [1.54, 1.807) is 12.4 Å². The Morgan fingerprint density at radius 1 is 1.36 bits per heavy atom. The Labute approximate surface area is 90.5 Å². The number of hydrogen-bond acceptors (Lipinski definition) is 2. The van der Waals surface area contributed by atoms with Crippen molar-refractivity contribution in [2.24, 2.45) is 17.6 Å². The van der Waals surface area contributed by atoms with E-state index in [2.05, 4.69) is 25.8 Å². The summed E-state index contributed by atoms with van der Waals surface area (Å²) in [4.78, 5) is 3.94. The molecule has 0 aliphatic rings. The monoisotopic (exact) mass is 212 g/mol. The van der Waals surface area contributed by atoms with E-state index < -0.39 is 0 Å². The second-order valence-electron chi connectivity index (χ2n) is 4.03. The van der Waals surface area contributed by atoms with E-state index in [-0.39, 0.29) is 6.04 Å². The maximum atomic E-state index is 6.13. The minimum atomic E-state index is -0.00880. The number of pyridine rings is 1. The van der Waals surface area contributed by atoms with Crippen LogP contribution >= 0.6 is 11.6 Å². The molecule has 14 heavy (non-hydrogen) atoms. The highest BCUT2D eigenvalue weighted by molar-refractivity contribution is 6.31. The molecular formula is C11H17ClN2. The van der Waals surface area contributed by atoms with Gasteiger partial charge < -0.3 is 5.73 Å². The molecule has 2 atom stereocenters. The van der Waals surface area contributed by atoms with E-state index in [1.165, 1.54) is 0 Å². The zero-order valence-corrected chi connectivity index (χ0v) is 9.62. The summed E-state index contributed by atoms with van der Waals surface area (Å²) in [5.74, 6) is 0.962. The standard InChI is InChI=1S/C11H17ClN2/c1-7(2)8(3)11(13)9-4-5-14-6-10(9)12/h4-8,11H,13H2,1-3H3. The van der Waals surface area contributed by atoms with E-state index >= 15 is 0 Å². The summed E-state index contributed by atoms with van der Waals surface area (Å²) < 4.78 is 0. The number of hydrogen-bond donors (Lipinski definition) is 1. The Hall–Kier alpha value is -0.600. The summed E-state index contributed by atoms with van der Waals surface area (Å²) >= 11 is 6.03. The third-order valence-electron chi connectivity index (χ3n) is 2.78. The van der Waals surface area contributed by atoms with E-state index in [0.717, 1.165) is 5.56 Å². The Kier molecular flexibility index (Phi) is 3.90. The van der Waals surface area contributed by atoms with Crippen molar-refractivity contribution in [1.29, 1.82) is 0 Å². The molecule has 0 bridgehead atoms. The molecule has 0 saturated heterocycles. The maximum Gasteiger partial charge on any atom is 0.0637 e. The summed E-state index contributed by atoms with van der Waals surface area (Å²) in [6, 6.07) is 1.89. The molecule has 0 aliphatic carbocycles. The number of rotatable bonds is 3. The molecule has 0 fully saturated rings. The quantitative estimate of drug-likeness (QED) is 0.837. The largest absolute Gasteiger partial charge is 0.324 e. The highest BCUT2D eigenvalue weighted by atomic mass is 35.5. The van der Waals surface area contributed by atoms with Crippen molar-refractivity contribution in [3.05, 3.63) is 29.0 Å². The fourth-order valence-electron chi connectivity index (χ4n) is 1.35. The van der Waals surface area contributed by atoms with E-state index in [4.69, 9.17) is 17.3 Å². The van der Waals surface area contributed by atoms with Crippen molar-refractivity contribution in [1.82, 2.24) is 4.98 Å². The lowest BCUT2D eigenvalue weighted by molar-refractivity contribution is 0.352. The van der Waals surface area contributed by atoms with Crippen LogP contribution in [0.5, 0.6) is 0 Å². The van der Waals surface area contributed by atoms with Gasteiger partial charge in [0, 0.05) is 18.4 Å². The van der Waals surface area contributed by atoms with E-state index in [9.17, 15) is 0 Å². The zero-order valence-electron chi connectivity index (χ0n) is 8.87. The first kappa shape index (κ1) is 11.5. The third-order valence-corrected chi connectivity index (χ3v) is 3.10. The summed E-state index contributed by atoms with van der Waals surface area (Å²) in [5, 5.41) is 0.660. The van der Waals surface area contributed by atoms with Crippen LogP contribution in [0.1, 0.15) is 32.4 Å². The van der Waals surface area contributed by atoms with Crippen LogP contribution < -0.4 is 5.73 Å². The fourth-order valence-corrected chi connectivity index (χ4v) is 1.60. The van der Waals surface area contributed by atoms with E-state index in [0.29, 0.717) is 16.9 Å². The van der Waals surface area contributed by atoms with Crippen molar-refractivity contribution in [3.63, 3.8) is 0 Å². The van der Waals surface area contributed by atoms with Gasteiger partial charge in [-0.15, -0.1) is 0 Å². The first-order chi connectivity index (χ1) is 6.54. The second kappa shape index (κ2) is 4.76. The summed E-state index contributed by atoms with van der Waals surface area (Å²) in [7, 11) is 0. The number of halogens is 1. The van der Waals surface area contributed by atoms with Crippen LogP contribution in [0.15, 0.2) is 18.5 Å². The molecule has 2 unspecified atom stereocenters. The lowest BCUT2D eigenvalue weighted by Crippen LogP contribution is -2.23. The first-order valence-corrected chi connectivity index (χ1v) is 5.26. The van der Waals surface area contributed by atoms with Gasteiger partial charge in [0.25, 0.3) is 0 Å². The predicted molar refractivity (Wildman–Crippen MR) is 60.2 cm³/mol. The number of nitrogens with zero attached hydrogens (tertiary/aromatic N) is 1. The molecule has 1 heterocycles. The van der Waals surface area contributed by atoms with Gasteiger partial charge in [-0.2, -0.15) is 0 Å². The Bertz CT molecular complexity index is 299. The second-order valence-corrected chi connectivity index (χ2v) is 4.43. The lowest BCUT2D eigenvalue weighted by atomic mass is 9.87. The molecule has 1 aromatic rings. The van der Waals surface area contributed by atoms with Crippen LogP contribution in [0, 0.1) is 11.8 Å². The van der Waals surface area contributed by atoms with Gasteiger partial charge in [0.1, 0.15) is 0 Å². The molecular weight excluding hydrogens is 196 g/mol. The average Bonchev–Trinajstić information content (AvgIpc) is 2.16. The van der Waals surface area contributed by atoms with E-state index in [1.807, 2.05) is 6.07 Å². The topological polar surface area (TPSA) is 38.9 Å². The molecule has 0 spiro atoms. The normalized spacial score (nSPS) is 15.6. The molecule has 0 aromatic carbocycles. The van der Waals surface area contributed by atoms with Gasteiger partial charge in [0.05, 0.1) is 5.02 Å². The van der Waals surface area contributed by atoms with Gasteiger partial charge in [-0.25, -0.2) is 0 Å². The molecule has 2 N–H and O–H groups in total. The van der Waals surface area contributed by atoms with Crippen molar-refractivity contribution in [2.45, 2.75) is 26.8 Å². The van der Waals surface area contributed by atoms with Gasteiger partial charge in [0.2, 0.25) is 0 Å². The Balaban J connectivity index is 2.89. The van der Waals surface area contributed by atoms with Gasteiger partial charge in [-0.3, -0.25) is 4.98 Å². The minimum absolute atomic E-state index is 0.00880. The highest BCUT2D eigenvalue weighted by Gasteiger charge is 2.19. The lowest BCUT2D eigenvalue weighted by Gasteiger charge is -2.24. The molecule has 3 heteroatoms. The van der Waals surface area contributed by atoms with Crippen molar-refractivity contribution < 1.29 is 0 Å². The molecule has 0 radical (unpaired) electrons. The number of nitrogens with two attached hydrogens (primary N) is 1. The third kappa shape index (κ3) is 2.46. The summed E-state index contributed by atoms with van der Waals surface area (Å²) in [6.07, 6.45) is 3.37. The molecule has 2 nitrogen and oxygen atoms in total. The van der Waals surface area contributed by atoms with Crippen molar-refractivity contribution in [3.8, 4) is 0 Å². The van der Waals surface area contributed by atoms with Crippen LogP contribution in [0.4, 0.5) is 0 Å². The van der Waals surface area contributed by atoms with Gasteiger partial charge >= 0.3 is 0 Å². The van der Waals surface area contributed by atoms with Crippen LogP contribution in [-0.2, 0) is 0 Å². The summed E-state index contributed by atoms with van der Waals surface area (Å²) in [6.45, 7) is 6.48. The molecule has 78 valence electrons. The molecule has 0 saturated carbocycles. The number of aromatic nitrogens is 1. The molecule has 1 rings (SSSR count). The van der Waals surface area contributed by atoms with Crippen LogP contribution in [-0.4, -0.2) is 4.98 Å². The first-order valence-electron chi connectivity index (χ1n) is 4.89. The molecule has 0 amide bonds. The van der Waals surface area contributed by atoms with Gasteiger partial charge in [0.15, 0.2) is 0 Å². The Morgan fingerprint density at radius 3 is 2.50 bits per heavy atom. The maximum absolute atomic E-state index is 6.13. The van der Waals surface area contributed by atoms with Crippen LogP contribution in [0.25, 0.3) is 0 Å². The minimum Gasteiger partial charge on any atom is -0.324 e. The average molecular weight is 213 g/mol. The fraction of sp³-hybridized carbons (Fsp3) is 0.545. The molecule has 0 aliphatic heterocycles. The van der Waals surface area contributed by atoms with Gasteiger partial charge in [-0.1, -0.05) is 32.4 Å². The summed E-state index contributed by atoms with van der Waals surface area (Å²) in [5.41, 5.74) is 7.12. The van der Waals surface area contributed by atoms with Crippen molar-refractivity contribution >= 4 is 11.6 Å². The van der Waals surface area contributed by atoms with Crippen LogP contribution in [0.3, 0.4) is 0 Å². The highest BCUT2D eigenvalue weighted by Crippen LogP contribution is 2.29. The SMILES string of the molecule is CC(C)C(C)C(N)c1ccncc1Cl. The zero-order chi connectivity index (χ0) is 10.7. The smallest absolute Gasteiger partial charge is 0.0637 e.